The van der Waals surface area contributed by atoms with Gasteiger partial charge in [-0.05, 0) is 46.1 Å². The third kappa shape index (κ3) is 4.32. The van der Waals surface area contributed by atoms with Crippen molar-refractivity contribution in [3.8, 4) is 0 Å². The molecule has 0 N–H and O–H groups in total. The molecular weight excluding hydrogens is 244 g/mol. The van der Waals surface area contributed by atoms with E-state index in [1.165, 1.54) is 6.08 Å². The van der Waals surface area contributed by atoms with Gasteiger partial charge in [0.15, 0.2) is 5.79 Å². The summed E-state index contributed by atoms with van der Waals surface area (Å²) in [5, 5.41) is 0. The number of carbonyl (C=O) groups is 1. The molecule has 2 aliphatic rings. The number of hydrogen-bond acceptors (Lipinski definition) is 4. The smallest absolute Gasteiger partial charge is 0.330 e. The molecule has 0 aliphatic carbocycles. The van der Waals surface area contributed by atoms with Crippen molar-refractivity contribution >= 4 is 5.97 Å². The normalized spacial score (nSPS) is 37.6. The number of ether oxygens (including phenoxy) is 3. The molecule has 0 spiro atoms. The first-order valence-corrected chi connectivity index (χ1v) is 7.21. The molecule has 0 amide bonds. The Labute approximate surface area is 115 Å². The van der Waals surface area contributed by atoms with Crippen LogP contribution in [0.4, 0.5) is 0 Å². The minimum absolute atomic E-state index is 0.00967. The lowest BCUT2D eigenvalue weighted by Gasteiger charge is -2.17. The van der Waals surface area contributed by atoms with Gasteiger partial charge in [0, 0.05) is 6.08 Å². The largest absolute Gasteiger partial charge is 0.460 e. The van der Waals surface area contributed by atoms with Crippen molar-refractivity contribution < 1.29 is 19.0 Å². The zero-order valence-corrected chi connectivity index (χ0v) is 12.1. The molecule has 0 radical (unpaired) electrons. The van der Waals surface area contributed by atoms with Crippen LogP contribution in [-0.2, 0) is 19.0 Å². The number of hydrogen-bond donors (Lipinski definition) is 0. The molecular formula is C15H24O4. The zero-order chi connectivity index (χ0) is 13.9. The molecule has 0 unspecified atom stereocenters. The standard InChI is InChI=1S/C15H24O4/c1-11-7-5-4-6-8-12-13(9-10-14(16)17-11)19-15(2,3)18-12/h9-13H,4-8H2,1-3H3/b10-9+/t11-,12+,13-/m0/s1. The second kappa shape index (κ2) is 6.06. The predicted molar refractivity (Wildman–Crippen MR) is 71.6 cm³/mol. The van der Waals surface area contributed by atoms with E-state index in [1.54, 1.807) is 6.08 Å². The number of carbonyl (C=O) groups excluding carboxylic acids is 1. The molecule has 1 fully saturated rings. The van der Waals surface area contributed by atoms with Gasteiger partial charge in [0.25, 0.3) is 0 Å². The summed E-state index contributed by atoms with van der Waals surface area (Å²) in [7, 11) is 0. The Hall–Kier alpha value is -0.870. The molecule has 19 heavy (non-hydrogen) atoms. The van der Waals surface area contributed by atoms with Gasteiger partial charge in [0.05, 0.1) is 12.2 Å². The topological polar surface area (TPSA) is 44.8 Å². The van der Waals surface area contributed by atoms with E-state index >= 15 is 0 Å². The van der Waals surface area contributed by atoms with Crippen LogP contribution in [0.5, 0.6) is 0 Å². The second-order valence-corrected chi connectivity index (χ2v) is 5.88. The van der Waals surface area contributed by atoms with Gasteiger partial charge in [-0.15, -0.1) is 0 Å². The van der Waals surface area contributed by atoms with Gasteiger partial charge in [-0.2, -0.15) is 0 Å². The van der Waals surface area contributed by atoms with E-state index in [0.29, 0.717) is 0 Å². The van der Waals surface area contributed by atoms with E-state index < -0.39 is 5.79 Å². The van der Waals surface area contributed by atoms with Crippen molar-refractivity contribution in [1.29, 1.82) is 0 Å². The lowest BCUT2D eigenvalue weighted by molar-refractivity contribution is -0.144. The summed E-state index contributed by atoms with van der Waals surface area (Å²) >= 11 is 0. The van der Waals surface area contributed by atoms with Gasteiger partial charge >= 0.3 is 5.97 Å². The van der Waals surface area contributed by atoms with Crippen molar-refractivity contribution in [1.82, 2.24) is 0 Å². The average molecular weight is 268 g/mol. The van der Waals surface area contributed by atoms with Crippen LogP contribution in [-0.4, -0.2) is 30.1 Å². The molecule has 4 heteroatoms. The fourth-order valence-corrected chi connectivity index (χ4v) is 2.67. The predicted octanol–water partition coefficient (Wildman–Crippen LogP) is 2.96. The van der Waals surface area contributed by atoms with Crippen molar-refractivity contribution in [2.24, 2.45) is 0 Å². The van der Waals surface area contributed by atoms with Crippen LogP contribution >= 0.6 is 0 Å². The summed E-state index contributed by atoms with van der Waals surface area (Å²) < 4.78 is 17.0. The first kappa shape index (κ1) is 14.5. The van der Waals surface area contributed by atoms with E-state index in [9.17, 15) is 4.79 Å². The van der Waals surface area contributed by atoms with E-state index in [2.05, 4.69) is 0 Å². The fourth-order valence-electron chi connectivity index (χ4n) is 2.67. The van der Waals surface area contributed by atoms with Crippen LogP contribution in [0.25, 0.3) is 0 Å². The summed E-state index contributed by atoms with van der Waals surface area (Å²) in [4.78, 5) is 11.7. The van der Waals surface area contributed by atoms with E-state index in [0.717, 1.165) is 32.1 Å². The number of cyclic esters (lactones) is 1. The van der Waals surface area contributed by atoms with E-state index in [-0.39, 0.29) is 24.3 Å². The minimum atomic E-state index is -0.572. The minimum Gasteiger partial charge on any atom is -0.460 e. The number of esters is 1. The Morgan fingerprint density at radius 1 is 1.16 bits per heavy atom. The second-order valence-electron chi connectivity index (χ2n) is 5.88. The van der Waals surface area contributed by atoms with Crippen LogP contribution in [0.3, 0.4) is 0 Å². The molecule has 3 atom stereocenters. The number of fused-ring (bicyclic) bond motifs is 1. The maximum atomic E-state index is 11.7. The Kier molecular flexibility index (Phi) is 4.63. The summed E-state index contributed by atoms with van der Waals surface area (Å²) in [5.74, 6) is -0.864. The highest BCUT2D eigenvalue weighted by Crippen LogP contribution is 2.32. The Balaban J connectivity index is 2.05. The summed E-state index contributed by atoms with van der Waals surface area (Å²) in [6.45, 7) is 5.76. The molecule has 108 valence electrons. The Bertz CT molecular complexity index is 348. The molecule has 0 bridgehead atoms. The van der Waals surface area contributed by atoms with Crippen molar-refractivity contribution in [3.63, 3.8) is 0 Å². The van der Waals surface area contributed by atoms with Crippen molar-refractivity contribution in [3.05, 3.63) is 12.2 Å². The first-order valence-electron chi connectivity index (χ1n) is 7.21. The van der Waals surface area contributed by atoms with Crippen LogP contribution in [0, 0.1) is 0 Å². The maximum absolute atomic E-state index is 11.7. The maximum Gasteiger partial charge on any atom is 0.330 e. The molecule has 1 saturated heterocycles. The van der Waals surface area contributed by atoms with Crippen molar-refractivity contribution in [2.75, 3.05) is 0 Å². The van der Waals surface area contributed by atoms with Crippen LogP contribution < -0.4 is 0 Å². The zero-order valence-electron chi connectivity index (χ0n) is 12.1. The molecule has 0 aromatic heterocycles. The van der Waals surface area contributed by atoms with Crippen LogP contribution in [0.1, 0.15) is 52.9 Å². The van der Waals surface area contributed by atoms with Crippen LogP contribution in [0.2, 0.25) is 0 Å². The van der Waals surface area contributed by atoms with E-state index in [4.69, 9.17) is 14.2 Å². The summed E-state index contributed by atoms with van der Waals surface area (Å²) in [5.41, 5.74) is 0. The highest BCUT2D eigenvalue weighted by molar-refractivity contribution is 5.82. The molecule has 2 heterocycles. The third-order valence-corrected chi connectivity index (χ3v) is 3.56. The number of rotatable bonds is 0. The van der Waals surface area contributed by atoms with Crippen LogP contribution in [0.15, 0.2) is 12.2 Å². The molecule has 0 aromatic carbocycles. The van der Waals surface area contributed by atoms with Gasteiger partial charge in [0.2, 0.25) is 0 Å². The quantitative estimate of drug-likeness (QED) is 0.634. The molecule has 4 nitrogen and oxygen atoms in total. The average Bonchev–Trinajstić information content (AvgIpc) is 2.59. The van der Waals surface area contributed by atoms with Gasteiger partial charge in [-0.3, -0.25) is 0 Å². The molecule has 2 aliphatic heterocycles. The Morgan fingerprint density at radius 2 is 1.89 bits per heavy atom. The SMILES string of the molecule is C[C@H]1CCCCC[C@H]2OC(C)(C)O[C@H]2/C=C/C(=O)O1. The molecule has 0 aromatic rings. The lowest BCUT2D eigenvalue weighted by Crippen LogP contribution is -2.22. The van der Waals surface area contributed by atoms with E-state index in [1.807, 2.05) is 20.8 Å². The monoisotopic (exact) mass is 268 g/mol. The van der Waals surface area contributed by atoms with Gasteiger partial charge in [0.1, 0.15) is 6.10 Å². The summed E-state index contributed by atoms with van der Waals surface area (Å²) in [6, 6.07) is 0. The fraction of sp³-hybridized carbons (Fsp3) is 0.800. The van der Waals surface area contributed by atoms with Gasteiger partial charge < -0.3 is 14.2 Å². The first-order chi connectivity index (χ1) is 8.96. The highest BCUT2D eigenvalue weighted by Gasteiger charge is 2.39. The molecule has 2 rings (SSSR count). The van der Waals surface area contributed by atoms with Crippen molar-refractivity contribution in [2.45, 2.75) is 77.0 Å². The lowest BCUT2D eigenvalue weighted by atomic mass is 10.0. The van der Waals surface area contributed by atoms with Gasteiger partial charge in [-0.25, -0.2) is 4.79 Å². The highest BCUT2D eigenvalue weighted by atomic mass is 16.7. The molecule has 0 saturated carbocycles. The van der Waals surface area contributed by atoms with Gasteiger partial charge in [-0.1, -0.05) is 12.8 Å². The Morgan fingerprint density at radius 3 is 2.68 bits per heavy atom. The summed E-state index contributed by atoms with van der Waals surface area (Å²) in [6.07, 6.45) is 8.36. The third-order valence-electron chi connectivity index (χ3n) is 3.56.